The average Bonchev–Trinajstić information content (AvgIpc) is 3.22. The summed E-state index contributed by atoms with van der Waals surface area (Å²) in [5.41, 5.74) is 5.59. The molecular formula is C13H22N4O. The Balaban J connectivity index is 2.03. The lowest BCUT2D eigenvalue weighted by molar-refractivity contribution is 0.304. The molecule has 2 N–H and O–H groups in total. The van der Waals surface area contributed by atoms with Gasteiger partial charge in [0, 0.05) is 18.7 Å². The number of aromatic nitrogens is 2. The molecule has 2 rings (SSSR count). The SMILES string of the molecule is CCCOc1cc(N(CCCN)C2CC2)ncn1. The molecule has 100 valence electrons. The number of hydrogen-bond acceptors (Lipinski definition) is 5. The van der Waals surface area contributed by atoms with E-state index in [9.17, 15) is 0 Å². The minimum absolute atomic E-state index is 0.630. The lowest BCUT2D eigenvalue weighted by atomic mass is 10.3. The maximum absolute atomic E-state index is 5.59. The standard InChI is InChI=1S/C13H22N4O/c1-2-8-18-13-9-12(15-10-16-13)17(7-3-6-14)11-4-5-11/h9-11H,2-8,14H2,1H3. The summed E-state index contributed by atoms with van der Waals surface area (Å²) in [7, 11) is 0. The fourth-order valence-electron chi connectivity index (χ4n) is 1.90. The van der Waals surface area contributed by atoms with Crippen LogP contribution in [-0.2, 0) is 0 Å². The highest BCUT2D eigenvalue weighted by molar-refractivity contribution is 5.43. The van der Waals surface area contributed by atoms with E-state index in [1.807, 2.05) is 6.07 Å². The van der Waals surface area contributed by atoms with Crippen molar-refractivity contribution >= 4 is 5.82 Å². The Kier molecular flexibility index (Phi) is 4.75. The van der Waals surface area contributed by atoms with Crippen molar-refractivity contribution in [1.29, 1.82) is 0 Å². The van der Waals surface area contributed by atoms with E-state index in [0.29, 0.717) is 25.1 Å². The van der Waals surface area contributed by atoms with Crippen molar-refractivity contribution in [3.05, 3.63) is 12.4 Å². The Bertz CT molecular complexity index is 368. The second-order valence-electron chi connectivity index (χ2n) is 4.63. The Morgan fingerprint density at radius 2 is 2.28 bits per heavy atom. The van der Waals surface area contributed by atoms with E-state index in [1.165, 1.54) is 12.8 Å². The third-order valence-corrected chi connectivity index (χ3v) is 2.97. The minimum Gasteiger partial charge on any atom is -0.478 e. The fraction of sp³-hybridized carbons (Fsp3) is 0.692. The molecule has 0 atom stereocenters. The van der Waals surface area contributed by atoms with Crippen LogP contribution >= 0.6 is 0 Å². The number of ether oxygens (including phenoxy) is 1. The van der Waals surface area contributed by atoms with E-state index < -0.39 is 0 Å². The van der Waals surface area contributed by atoms with Gasteiger partial charge in [0.25, 0.3) is 0 Å². The van der Waals surface area contributed by atoms with E-state index in [0.717, 1.165) is 25.2 Å². The van der Waals surface area contributed by atoms with Crippen molar-refractivity contribution in [3.63, 3.8) is 0 Å². The molecule has 0 bridgehead atoms. The van der Waals surface area contributed by atoms with Gasteiger partial charge in [0.05, 0.1) is 6.61 Å². The van der Waals surface area contributed by atoms with Crippen LogP contribution in [0.1, 0.15) is 32.6 Å². The molecule has 5 nitrogen and oxygen atoms in total. The van der Waals surface area contributed by atoms with Crippen molar-refractivity contribution in [3.8, 4) is 5.88 Å². The summed E-state index contributed by atoms with van der Waals surface area (Å²) >= 11 is 0. The number of anilines is 1. The zero-order chi connectivity index (χ0) is 12.8. The predicted octanol–water partition coefficient (Wildman–Crippen LogP) is 1.58. The molecule has 1 heterocycles. The van der Waals surface area contributed by atoms with Gasteiger partial charge in [-0.05, 0) is 32.2 Å². The molecule has 1 aliphatic rings. The average molecular weight is 250 g/mol. The minimum atomic E-state index is 0.630. The van der Waals surface area contributed by atoms with Crippen LogP contribution in [0.4, 0.5) is 5.82 Å². The molecule has 0 saturated heterocycles. The largest absolute Gasteiger partial charge is 0.478 e. The van der Waals surface area contributed by atoms with Gasteiger partial charge in [-0.2, -0.15) is 0 Å². The third kappa shape index (κ3) is 3.57. The Morgan fingerprint density at radius 1 is 1.44 bits per heavy atom. The number of rotatable bonds is 8. The summed E-state index contributed by atoms with van der Waals surface area (Å²) < 4.78 is 5.55. The molecule has 0 aliphatic heterocycles. The maximum atomic E-state index is 5.59. The van der Waals surface area contributed by atoms with Gasteiger partial charge in [-0.3, -0.25) is 0 Å². The first kappa shape index (κ1) is 13.1. The van der Waals surface area contributed by atoms with Crippen molar-refractivity contribution in [2.75, 3.05) is 24.6 Å². The summed E-state index contributed by atoms with van der Waals surface area (Å²) in [6.07, 6.45) is 6.06. The lowest BCUT2D eigenvalue weighted by Crippen LogP contribution is -2.29. The van der Waals surface area contributed by atoms with Crippen molar-refractivity contribution in [1.82, 2.24) is 9.97 Å². The van der Waals surface area contributed by atoms with Crippen molar-refractivity contribution < 1.29 is 4.74 Å². The molecule has 0 spiro atoms. The van der Waals surface area contributed by atoms with Crippen LogP contribution < -0.4 is 15.4 Å². The highest BCUT2D eigenvalue weighted by atomic mass is 16.5. The number of nitrogens with two attached hydrogens (primary N) is 1. The first-order chi connectivity index (χ1) is 8.85. The van der Waals surface area contributed by atoms with Gasteiger partial charge in [0.2, 0.25) is 5.88 Å². The van der Waals surface area contributed by atoms with E-state index in [4.69, 9.17) is 10.5 Å². The third-order valence-electron chi connectivity index (χ3n) is 2.97. The van der Waals surface area contributed by atoms with Gasteiger partial charge < -0.3 is 15.4 Å². The first-order valence-corrected chi connectivity index (χ1v) is 6.76. The summed E-state index contributed by atoms with van der Waals surface area (Å²) in [6.45, 7) is 4.46. The van der Waals surface area contributed by atoms with Gasteiger partial charge in [-0.15, -0.1) is 0 Å². The van der Waals surface area contributed by atoms with Crippen molar-refractivity contribution in [2.45, 2.75) is 38.6 Å². The number of hydrogen-bond donors (Lipinski definition) is 1. The normalized spacial score (nSPS) is 14.6. The molecule has 1 saturated carbocycles. The Hall–Kier alpha value is -1.36. The quantitative estimate of drug-likeness (QED) is 0.759. The number of nitrogens with zero attached hydrogens (tertiary/aromatic N) is 3. The monoisotopic (exact) mass is 250 g/mol. The molecule has 1 aromatic heterocycles. The molecule has 0 unspecified atom stereocenters. The summed E-state index contributed by atoms with van der Waals surface area (Å²) in [5.74, 6) is 1.63. The van der Waals surface area contributed by atoms with Crippen LogP contribution in [0.2, 0.25) is 0 Å². The summed E-state index contributed by atoms with van der Waals surface area (Å²) in [6, 6.07) is 2.57. The summed E-state index contributed by atoms with van der Waals surface area (Å²) in [4.78, 5) is 10.8. The smallest absolute Gasteiger partial charge is 0.218 e. The van der Waals surface area contributed by atoms with Gasteiger partial charge in [-0.1, -0.05) is 6.92 Å². The molecule has 1 aliphatic carbocycles. The topological polar surface area (TPSA) is 64.3 Å². The molecule has 1 aromatic rings. The maximum Gasteiger partial charge on any atom is 0.218 e. The highest BCUT2D eigenvalue weighted by Crippen LogP contribution is 2.31. The first-order valence-electron chi connectivity index (χ1n) is 6.76. The molecule has 18 heavy (non-hydrogen) atoms. The summed E-state index contributed by atoms with van der Waals surface area (Å²) in [5, 5.41) is 0. The van der Waals surface area contributed by atoms with Gasteiger partial charge >= 0.3 is 0 Å². The van der Waals surface area contributed by atoms with Crippen LogP contribution in [-0.4, -0.2) is 35.7 Å². The second-order valence-corrected chi connectivity index (χ2v) is 4.63. The fourth-order valence-corrected chi connectivity index (χ4v) is 1.90. The van der Waals surface area contributed by atoms with Gasteiger partial charge in [0.15, 0.2) is 0 Å². The highest BCUT2D eigenvalue weighted by Gasteiger charge is 2.29. The van der Waals surface area contributed by atoms with Gasteiger partial charge in [-0.25, -0.2) is 9.97 Å². The predicted molar refractivity (Wildman–Crippen MR) is 71.9 cm³/mol. The van der Waals surface area contributed by atoms with E-state index in [-0.39, 0.29) is 0 Å². The molecule has 0 aromatic carbocycles. The van der Waals surface area contributed by atoms with Crippen LogP contribution in [0.15, 0.2) is 12.4 Å². The van der Waals surface area contributed by atoms with Crippen molar-refractivity contribution in [2.24, 2.45) is 5.73 Å². The van der Waals surface area contributed by atoms with Gasteiger partial charge in [0.1, 0.15) is 12.1 Å². The van der Waals surface area contributed by atoms with E-state index in [2.05, 4.69) is 21.8 Å². The second kappa shape index (κ2) is 6.54. The molecule has 1 fully saturated rings. The zero-order valence-corrected chi connectivity index (χ0v) is 11.0. The van der Waals surface area contributed by atoms with E-state index in [1.54, 1.807) is 6.33 Å². The van der Waals surface area contributed by atoms with Crippen LogP contribution in [0.3, 0.4) is 0 Å². The Labute approximate surface area is 108 Å². The van der Waals surface area contributed by atoms with Crippen LogP contribution in [0.25, 0.3) is 0 Å². The Morgan fingerprint density at radius 3 is 2.94 bits per heavy atom. The molecule has 5 heteroatoms. The van der Waals surface area contributed by atoms with E-state index >= 15 is 0 Å². The van der Waals surface area contributed by atoms with Crippen LogP contribution in [0.5, 0.6) is 5.88 Å². The molecular weight excluding hydrogens is 228 g/mol. The zero-order valence-electron chi connectivity index (χ0n) is 11.0. The molecule has 0 amide bonds. The van der Waals surface area contributed by atoms with Crippen LogP contribution in [0, 0.1) is 0 Å². The lowest BCUT2D eigenvalue weighted by Gasteiger charge is -2.23. The molecule has 0 radical (unpaired) electrons.